The molecule has 0 unspecified atom stereocenters. The number of anilines is 1. The molecule has 0 aliphatic rings. The number of fused-ring (bicyclic) bond motifs is 1. The fraction of sp³-hybridized carbons (Fsp3) is 0.320. The number of aliphatic hydroxyl groups excluding tert-OH is 1. The highest BCUT2D eigenvalue weighted by atomic mass is 16.5. The van der Waals surface area contributed by atoms with Gasteiger partial charge in [-0.3, -0.25) is 9.78 Å². The Kier molecular flexibility index (Phi) is 7.65. The number of aromatic nitrogens is 1. The number of nitrogens with zero attached hydrogens (tertiary/aromatic N) is 1. The van der Waals surface area contributed by atoms with E-state index >= 15 is 0 Å². The SMILES string of the molecule is COc1cc(OCCO)cc(C(=O)NC(C)(C)COc2cccc3nc(C)c(C(=O)O)c(N)c23)c1. The fourth-order valence-corrected chi connectivity index (χ4v) is 3.57. The number of nitrogens with two attached hydrogens (primary N) is 1. The number of pyridine rings is 1. The van der Waals surface area contributed by atoms with E-state index in [1.54, 1.807) is 57.2 Å². The largest absolute Gasteiger partial charge is 0.497 e. The molecule has 1 heterocycles. The zero-order valence-corrected chi connectivity index (χ0v) is 20.0. The van der Waals surface area contributed by atoms with E-state index in [1.165, 1.54) is 7.11 Å². The summed E-state index contributed by atoms with van der Waals surface area (Å²) in [7, 11) is 1.48. The molecule has 5 N–H and O–H groups in total. The monoisotopic (exact) mass is 483 g/mol. The fourth-order valence-electron chi connectivity index (χ4n) is 3.57. The van der Waals surface area contributed by atoms with E-state index in [2.05, 4.69) is 10.3 Å². The predicted octanol–water partition coefficient (Wildman–Crippen LogP) is 2.79. The lowest BCUT2D eigenvalue weighted by atomic mass is 10.0. The zero-order valence-electron chi connectivity index (χ0n) is 20.0. The van der Waals surface area contributed by atoms with E-state index in [0.717, 1.165) is 0 Å². The summed E-state index contributed by atoms with van der Waals surface area (Å²) in [5.41, 5.74) is 6.50. The number of carbonyl (C=O) groups excluding carboxylic acids is 1. The lowest BCUT2D eigenvalue weighted by Crippen LogP contribution is -2.47. The Morgan fingerprint density at radius 1 is 1.14 bits per heavy atom. The summed E-state index contributed by atoms with van der Waals surface area (Å²) in [5.74, 6) is -0.367. The Hall–Kier alpha value is -4.05. The number of aliphatic hydroxyl groups is 1. The van der Waals surface area contributed by atoms with Crippen LogP contribution in [0.15, 0.2) is 36.4 Å². The standard InChI is InChI=1S/C25H29N3O7/c1-14-20(24(31)32)22(26)21-18(27-14)6-5-7-19(21)35-13-25(2,3)28-23(30)15-10-16(33-4)12-17(11-15)34-9-8-29/h5-7,10-12,29H,8-9,13H2,1-4H3,(H2,26,27)(H,28,30)(H,31,32). The molecule has 0 radical (unpaired) electrons. The topological polar surface area (TPSA) is 153 Å². The summed E-state index contributed by atoms with van der Waals surface area (Å²) < 4.78 is 16.7. The number of carbonyl (C=O) groups is 2. The molecule has 1 amide bonds. The Balaban J connectivity index is 1.81. The van der Waals surface area contributed by atoms with Crippen LogP contribution in [0.5, 0.6) is 17.2 Å². The van der Waals surface area contributed by atoms with Crippen LogP contribution in [0.1, 0.15) is 40.3 Å². The number of ether oxygens (including phenoxy) is 3. The van der Waals surface area contributed by atoms with Crippen LogP contribution in [0, 0.1) is 6.92 Å². The van der Waals surface area contributed by atoms with Crippen molar-refractivity contribution >= 4 is 28.5 Å². The van der Waals surface area contributed by atoms with Gasteiger partial charge in [-0.1, -0.05) is 6.07 Å². The Bertz CT molecular complexity index is 1260. The quantitative estimate of drug-likeness (QED) is 0.341. The summed E-state index contributed by atoms with van der Waals surface area (Å²) in [6.07, 6.45) is 0. The van der Waals surface area contributed by atoms with E-state index in [9.17, 15) is 14.7 Å². The summed E-state index contributed by atoms with van der Waals surface area (Å²) in [6, 6.07) is 9.88. The van der Waals surface area contributed by atoms with E-state index in [4.69, 9.17) is 25.1 Å². The molecule has 0 spiro atoms. The van der Waals surface area contributed by atoms with Gasteiger partial charge in [0.25, 0.3) is 5.91 Å². The van der Waals surface area contributed by atoms with Crippen LogP contribution in [-0.4, -0.2) is 59.5 Å². The second-order valence-corrected chi connectivity index (χ2v) is 8.54. The van der Waals surface area contributed by atoms with Gasteiger partial charge in [0.1, 0.15) is 36.0 Å². The summed E-state index contributed by atoms with van der Waals surface area (Å²) in [5, 5.41) is 21.8. The molecular formula is C25H29N3O7. The van der Waals surface area contributed by atoms with Crippen molar-refractivity contribution in [3.63, 3.8) is 0 Å². The van der Waals surface area contributed by atoms with Crippen molar-refractivity contribution in [2.75, 3.05) is 32.7 Å². The Labute approximate surface area is 202 Å². The zero-order chi connectivity index (χ0) is 25.8. The van der Waals surface area contributed by atoms with Crippen molar-refractivity contribution in [1.29, 1.82) is 0 Å². The van der Waals surface area contributed by atoms with Gasteiger partial charge in [-0.05, 0) is 45.0 Å². The predicted molar refractivity (Wildman–Crippen MR) is 130 cm³/mol. The van der Waals surface area contributed by atoms with Crippen molar-refractivity contribution in [2.24, 2.45) is 0 Å². The smallest absolute Gasteiger partial charge is 0.339 e. The summed E-state index contributed by atoms with van der Waals surface area (Å²) in [6.45, 7) is 5.14. The molecule has 10 nitrogen and oxygen atoms in total. The van der Waals surface area contributed by atoms with Crippen LogP contribution in [0.2, 0.25) is 0 Å². The van der Waals surface area contributed by atoms with Crippen LogP contribution < -0.4 is 25.3 Å². The van der Waals surface area contributed by atoms with E-state index in [-0.39, 0.29) is 37.0 Å². The first-order chi connectivity index (χ1) is 16.6. The van der Waals surface area contributed by atoms with E-state index in [0.29, 0.717) is 39.4 Å². The first-order valence-electron chi connectivity index (χ1n) is 10.9. The van der Waals surface area contributed by atoms with Crippen molar-refractivity contribution in [3.05, 3.63) is 53.2 Å². The molecule has 3 rings (SSSR count). The molecule has 0 aliphatic heterocycles. The number of benzene rings is 2. The minimum atomic E-state index is -1.17. The van der Waals surface area contributed by atoms with Gasteiger partial charge < -0.3 is 35.5 Å². The van der Waals surface area contributed by atoms with Gasteiger partial charge in [-0.2, -0.15) is 0 Å². The number of hydrogen-bond donors (Lipinski definition) is 4. The number of methoxy groups -OCH3 is 1. The molecule has 0 fully saturated rings. The molecule has 0 bridgehead atoms. The average molecular weight is 484 g/mol. The molecule has 2 aromatic carbocycles. The number of rotatable bonds is 10. The third-order valence-electron chi connectivity index (χ3n) is 5.19. The maximum atomic E-state index is 13.0. The number of aryl methyl sites for hydroxylation is 1. The number of amides is 1. The summed E-state index contributed by atoms with van der Waals surface area (Å²) >= 11 is 0. The molecule has 0 atom stereocenters. The highest BCUT2D eigenvalue weighted by Crippen LogP contribution is 2.34. The van der Waals surface area contributed by atoms with Gasteiger partial charge in [0.05, 0.1) is 41.5 Å². The second kappa shape index (κ2) is 10.5. The molecule has 0 aliphatic carbocycles. The number of nitrogen functional groups attached to an aromatic ring is 1. The third-order valence-corrected chi connectivity index (χ3v) is 5.19. The number of nitrogens with one attached hydrogen (secondary N) is 1. The van der Waals surface area contributed by atoms with Gasteiger partial charge in [-0.25, -0.2) is 4.79 Å². The average Bonchev–Trinajstić information content (AvgIpc) is 2.80. The normalized spacial score (nSPS) is 11.2. The minimum absolute atomic E-state index is 0.0609. The highest BCUT2D eigenvalue weighted by molar-refractivity contribution is 6.06. The molecule has 186 valence electrons. The first-order valence-corrected chi connectivity index (χ1v) is 10.9. The van der Waals surface area contributed by atoms with Crippen molar-refractivity contribution in [1.82, 2.24) is 10.3 Å². The molecule has 10 heteroatoms. The maximum Gasteiger partial charge on any atom is 0.339 e. The van der Waals surface area contributed by atoms with Crippen LogP contribution >= 0.6 is 0 Å². The Morgan fingerprint density at radius 2 is 1.86 bits per heavy atom. The van der Waals surface area contributed by atoms with E-state index in [1.807, 2.05) is 0 Å². The van der Waals surface area contributed by atoms with Crippen LogP contribution in [-0.2, 0) is 0 Å². The van der Waals surface area contributed by atoms with Gasteiger partial charge >= 0.3 is 5.97 Å². The first kappa shape index (κ1) is 25.6. The third kappa shape index (κ3) is 5.90. The number of carboxylic acids is 1. The molecule has 0 saturated heterocycles. The lowest BCUT2D eigenvalue weighted by molar-refractivity contribution is 0.0696. The molecule has 1 aromatic heterocycles. The number of aromatic carboxylic acids is 1. The van der Waals surface area contributed by atoms with Gasteiger partial charge in [-0.15, -0.1) is 0 Å². The van der Waals surface area contributed by atoms with Gasteiger partial charge in [0.15, 0.2) is 0 Å². The molecule has 0 saturated carbocycles. The van der Waals surface area contributed by atoms with Crippen molar-refractivity contribution in [3.8, 4) is 17.2 Å². The van der Waals surface area contributed by atoms with Gasteiger partial charge in [0.2, 0.25) is 0 Å². The van der Waals surface area contributed by atoms with Crippen molar-refractivity contribution in [2.45, 2.75) is 26.3 Å². The lowest BCUT2D eigenvalue weighted by Gasteiger charge is -2.27. The molecule has 3 aromatic rings. The van der Waals surface area contributed by atoms with Crippen LogP contribution in [0.3, 0.4) is 0 Å². The van der Waals surface area contributed by atoms with Gasteiger partial charge in [0, 0.05) is 11.6 Å². The Morgan fingerprint density at radius 3 is 2.51 bits per heavy atom. The minimum Gasteiger partial charge on any atom is -0.497 e. The molecular weight excluding hydrogens is 454 g/mol. The second-order valence-electron chi connectivity index (χ2n) is 8.54. The summed E-state index contributed by atoms with van der Waals surface area (Å²) in [4.78, 5) is 29.0. The van der Waals surface area contributed by atoms with Crippen molar-refractivity contribution < 1.29 is 34.0 Å². The van der Waals surface area contributed by atoms with E-state index < -0.39 is 11.5 Å². The highest BCUT2D eigenvalue weighted by Gasteiger charge is 2.25. The molecule has 35 heavy (non-hydrogen) atoms. The van der Waals surface area contributed by atoms with Crippen LogP contribution in [0.4, 0.5) is 5.69 Å². The maximum absolute atomic E-state index is 13.0. The number of carboxylic acid groups (broad SMARTS) is 1. The number of hydrogen-bond acceptors (Lipinski definition) is 8. The van der Waals surface area contributed by atoms with Crippen LogP contribution in [0.25, 0.3) is 10.9 Å².